The lowest BCUT2D eigenvalue weighted by molar-refractivity contribution is -0.142. The highest BCUT2D eigenvalue weighted by molar-refractivity contribution is 7.91. The van der Waals surface area contributed by atoms with Crippen LogP contribution >= 0.6 is 11.3 Å². The molecule has 59 heavy (non-hydrogen) atoms. The van der Waals surface area contributed by atoms with Gasteiger partial charge in [0, 0.05) is 36.1 Å². The van der Waals surface area contributed by atoms with Crippen LogP contribution in [-0.2, 0) is 33.9 Å². The van der Waals surface area contributed by atoms with Crippen LogP contribution in [0.15, 0.2) is 54.7 Å². The summed E-state index contributed by atoms with van der Waals surface area (Å²) < 4.78 is 60.9. The van der Waals surface area contributed by atoms with Crippen molar-refractivity contribution < 1.29 is 46.2 Å². The Kier molecular flexibility index (Phi) is 10.8. The van der Waals surface area contributed by atoms with Gasteiger partial charge in [-0.05, 0) is 77.1 Å². The molecule has 0 unspecified atom stereocenters. The largest absolute Gasteiger partial charge is 0.471 e. The molecule has 5 atom stereocenters. The van der Waals surface area contributed by atoms with Crippen LogP contribution in [0.2, 0.25) is 0 Å². The molecule has 19 heteroatoms. The van der Waals surface area contributed by atoms with Crippen LogP contribution in [0.5, 0.6) is 5.88 Å². The molecule has 2 saturated carbocycles. The van der Waals surface area contributed by atoms with E-state index in [9.17, 15) is 32.0 Å². The maximum Gasteiger partial charge on any atom is 0.408 e. The lowest BCUT2D eigenvalue weighted by Gasteiger charge is -2.30. The van der Waals surface area contributed by atoms with Crippen molar-refractivity contribution in [1.29, 1.82) is 0 Å². The topological polar surface area (TPSA) is 208 Å². The van der Waals surface area contributed by atoms with Gasteiger partial charge in [0.2, 0.25) is 27.7 Å². The molecule has 16 nitrogen and oxygen atoms in total. The van der Waals surface area contributed by atoms with Crippen molar-refractivity contribution in [2.24, 2.45) is 5.92 Å². The number of pyridine rings is 1. The zero-order valence-corrected chi connectivity index (χ0v) is 34.2. The van der Waals surface area contributed by atoms with E-state index < -0.39 is 80.2 Å². The molecular weight excluding hydrogens is 806 g/mol. The van der Waals surface area contributed by atoms with Crippen molar-refractivity contribution in [3.8, 4) is 17.3 Å². The minimum atomic E-state index is -3.95. The molecule has 3 fully saturated rings. The fourth-order valence-corrected chi connectivity index (χ4v) is 9.76. The highest BCUT2D eigenvalue weighted by atomic mass is 32.2. The number of carbonyl (C=O) groups is 4. The quantitative estimate of drug-likeness (QED) is 0.225. The second-order valence-electron chi connectivity index (χ2n) is 16.3. The number of aromatic nitrogens is 3. The number of nitrogens with one attached hydrogen (secondary N) is 3. The molecular formula is C40H44FN7O9S2. The van der Waals surface area contributed by atoms with Gasteiger partial charge < -0.3 is 29.7 Å². The lowest BCUT2D eigenvalue weighted by Crippen LogP contribution is -2.59. The molecule has 8 rings (SSSR count). The fourth-order valence-electron chi connectivity index (χ4n) is 7.38. The normalized spacial score (nSPS) is 25.3. The second-order valence-corrected chi connectivity index (χ2v) is 19.2. The molecule has 4 aliphatic rings. The van der Waals surface area contributed by atoms with Crippen molar-refractivity contribution in [1.82, 2.24) is 35.2 Å². The molecule has 1 aromatic carbocycles. The number of nitrogens with zero attached hydrogens (tertiary/aromatic N) is 4. The van der Waals surface area contributed by atoms with Gasteiger partial charge in [-0.15, -0.1) is 11.3 Å². The molecule has 2 aliphatic heterocycles. The van der Waals surface area contributed by atoms with E-state index in [1.807, 2.05) is 12.1 Å². The van der Waals surface area contributed by atoms with Gasteiger partial charge >= 0.3 is 6.09 Å². The van der Waals surface area contributed by atoms with E-state index in [1.54, 1.807) is 51.2 Å². The number of halogens is 1. The summed E-state index contributed by atoms with van der Waals surface area (Å²) in [5, 5.41) is 5.50. The van der Waals surface area contributed by atoms with Crippen LogP contribution in [-0.4, -0.2) is 106 Å². The van der Waals surface area contributed by atoms with E-state index in [2.05, 4.69) is 20.3 Å². The van der Waals surface area contributed by atoms with Gasteiger partial charge in [-0.1, -0.05) is 24.3 Å². The van der Waals surface area contributed by atoms with E-state index in [4.69, 9.17) is 24.2 Å². The smallest absolute Gasteiger partial charge is 0.408 e. The molecule has 3 N–H and O–H groups in total. The Labute approximate surface area is 343 Å². The molecule has 0 spiro atoms. The number of ether oxygens (including phenoxy) is 3. The zero-order chi connectivity index (χ0) is 41.7. The maximum absolute atomic E-state index is 14.6. The third kappa shape index (κ3) is 8.72. The minimum absolute atomic E-state index is 0.0832. The summed E-state index contributed by atoms with van der Waals surface area (Å²) in [6, 6.07) is 6.90. The van der Waals surface area contributed by atoms with Crippen LogP contribution in [0.4, 0.5) is 9.18 Å². The first-order valence-electron chi connectivity index (χ1n) is 19.5. The van der Waals surface area contributed by atoms with Gasteiger partial charge in [0.05, 0.1) is 23.9 Å². The minimum Gasteiger partial charge on any atom is -0.471 e. The number of rotatable bonds is 7. The Morgan fingerprint density at radius 3 is 2.71 bits per heavy atom. The van der Waals surface area contributed by atoms with E-state index in [0.29, 0.717) is 46.3 Å². The highest BCUT2D eigenvalue weighted by Crippen LogP contribution is 2.46. The summed E-state index contributed by atoms with van der Waals surface area (Å²) in [6.45, 7) is 4.88. The number of hydrogen-bond donors (Lipinski definition) is 3. The van der Waals surface area contributed by atoms with Gasteiger partial charge in [-0.2, -0.15) is 4.98 Å². The summed E-state index contributed by atoms with van der Waals surface area (Å²) in [7, 11) is -3.95. The van der Waals surface area contributed by atoms with Crippen molar-refractivity contribution in [3.05, 3.63) is 60.6 Å². The SMILES string of the molecule is CC(C)(C)OC(=O)N[C@H]1COCCCC=C[C@@H]2C[C@@]2(C(=O)NS(=O)(=O)C2CC2)NC(=O)[C@@H]2C[C@@H](Oc3nc(-c4cccc(F)c4)nc4c3sc3ncccc34)CN2C1=O. The number of alkyl carbamates (subject to hydrolysis) is 1. The molecule has 4 aromatic rings. The van der Waals surface area contributed by atoms with E-state index in [1.165, 1.54) is 28.4 Å². The van der Waals surface area contributed by atoms with Crippen LogP contribution in [0.3, 0.4) is 0 Å². The van der Waals surface area contributed by atoms with Crippen molar-refractivity contribution in [2.75, 3.05) is 19.8 Å². The number of benzene rings is 1. The summed E-state index contributed by atoms with van der Waals surface area (Å²) in [5.74, 6) is -2.93. The monoisotopic (exact) mass is 849 g/mol. The number of carbonyl (C=O) groups excluding carboxylic acids is 4. The Bertz CT molecular complexity index is 2470. The van der Waals surface area contributed by atoms with Gasteiger partial charge in [0.1, 0.15) is 44.7 Å². The summed E-state index contributed by atoms with van der Waals surface area (Å²) >= 11 is 1.29. The van der Waals surface area contributed by atoms with Gasteiger partial charge in [0.15, 0.2) is 5.82 Å². The number of allylic oxidation sites excluding steroid dienone is 1. The van der Waals surface area contributed by atoms with Crippen molar-refractivity contribution in [2.45, 2.75) is 93.9 Å². The second kappa shape index (κ2) is 15.7. The molecule has 4 amide bonds. The standard InChI is InChI=1S/C40H44FN7O9S2/c1-39(2,3)57-38(52)43-28-21-55-16-6-4-5-10-23-19-40(23,37(51)47-59(53,54)26-13-14-26)46-33(49)29-18-25(20-48(29)36(28)50)56-34-31-30(27-12-8-15-42-35(27)58-31)44-32(45-34)22-9-7-11-24(41)17-22/h5,7-12,15,17,23,25-26,28-29H,4,6,13-14,16,18-21H2,1-3H3,(H,43,52)(H,46,49)(H,47,51)/t23-,25-,28+,29+,40-/m1/s1. The summed E-state index contributed by atoms with van der Waals surface area (Å²) in [4.78, 5) is 71.8. The number of thiophene rings is 1. The van der Waals surface area contributed by atoms with E-state index >= 15 is 0 Å². The molecule has 1 saturated heterocycles. The van der Waals surface area contributed by atoms with Crippen LogP contribution in [0, 0.1) is 11.7 Å². The zero-order valence-electron chi connectivity index (χ0n) is 32.6. The van der Waals surface area contributed by atoms with Crippen molar-refractivity contribution in [3.63, 3.8) is 0 Å². The van der Waals surface area contributed by atoms with Gasteiger partial charge in [-0.25, -0.2) is 27.6 Å². The first-order valence-corrected chi connectivity index (χ1v) is 21.9. The Morgan fingerprint density at radius 1 is 1.14 bits per heavy atom. The lowest BCUT2D eigenvalue weighted by atomic mass is 10.1. The number of hydrogen-bond acceptors (Lipinski definition) is 13. The number of amides is 4. The van der Waals surface area contributed by atoms with Crippen LogP contribution < -0.4 is 20.1 Å². The third-order valence-electron chi connectivity index (χ3n) is 10.5. The van der Waals surface area contributed by atoms with Crippen molar-refractivity contribution >= 4 is 65.6 Å². The fraction of sp³-hybridized carbons (Fsp3) is 0.475. The van der Waals surface area contributed by atoms with Gasteiger partial charge in [-0.3, -0.25) is 19.1 Å². The molecule has 2 aliphatic carbocycles. The Balaban J connectivity index is 1.15. The molecule has 0 radical (unpaired) electrons. The first kappa shape index (κ1) is 40.5. The average Bonchev–Trinajstić information content (AvgIpc) is 4.07. The number of sulfonamides is 1. The van der Waals surface area contributed by atoms with Crippen LogP contribution in [0.25, 0.3) is 31.8 Å². The molecule has 5 heterocycles. The number of fused-ring (bicyclic) bond motifs is 5. The van der Waals surface area contributed by atoms with Gasteiger partial charge in [0.25, 0.3) is 5.91 Å². The molecule has 3 aromatic heterocycles. The predicted octanol–water partition coefficient (Wildman–Crippen LogP) is 4.14. The third-order valence-corrected chi connectivity index (χ3v) is 13.4. The molecule has 0 bridgehead atoms. The van der Waals surface area contributed by atoms with E-state index in [-0.39, 0.29) is 44.3 Å². The molecule has 312 valence electrons. The first-order chi connectivity index (χ1) is 28.1. The van der Waals surface area contributed by atoms with Crippen LogP contribution in [0.1, 0.15) is 59.3 Å². The predicted molar refractivity (Wildman–Crippen MR) is 214 cm³/mol. The Hall–Kier alpha value is -5.27. The Morgan fingerprint density at radius 2 is 1.95 bits per heavy atom. The summed E-state index contributed by atoms with van der Waals surface area (Å²) in [6.07, 6.45) is 5.56. The maximum atomic E-state index is 14.6. The average molecular weight is 850 g/mol. The summed E-state index contributed by atoms with van der Waals surface area (Å²) in [5.41, 5.74) is -1.56. The van der Waals surface area contributed by atoms with E-state index in [0.717, 1.165) is 5.39 Å². The highest BCUT2D eigenvalue weighted by Gasteiger charge is 2.62.